The van der Waals surface area contributed by atoms with Gasteiger partial charge in [-0.1, -0.05) is 313 Å². The monoisotopic (exact) mass is 1100 g/mol. The minimum Gasteiger partial charge on any atom is -0.394 e. The fourth-order valence-electron chi connectivity index (χ4n) is 10.8. The summed E-state index contributed by atoms with van der Waals surface area (Å²) in [6, 6.07) is -0.804. The van der Waals surface area contributed by atoms with E-state index in [1.165, 1.54) is 257 Å². The average Bonchev–Trinajstić information content (AvgIpc) is 3.45. The molecule has 0 aromatic carbocycles. The van der Waals surface area contributed by atoms with Crippen molar-refractivity contribution >= 4 is 5.91 Å². The summed E-state index contributed by atoms with van der Waals surface area (Å²) in [6.45, 7) is 3.80. The molecule has 1 aliphatic heterocycles. The minimum absolute atomic E-state index is 0.171. The first kappa shape index (κ1) is 74.2. The number of ether oxygens (including phenoxy) is 2. The van der Waals surface area contributed by atoms with Crippen LogP contribution in [0.1, 0.15) is 328 Å². The molecule has 0 radical (unpaired) electrons. The zero-order valence-corrected chi connectivity index (χ0v) is 51.2. The van der Waals surface area contributed by atoms with Crippen molar-refractivity contribution in [3.05, 3.63) is 48.6 Å². The van der Waals surface area contributed by atoms with Crippen molar-refractivity contribution in [3.63, 3.8) is 0 Å². The van der Waals surface area contributed by atoms with Gasteiger partial charge < -0.3 is 40.3 Å². The van der Waals surface area contributed by atoms with Gasteiger partial charge in [-0.3, -0.25) is 4.79 Å². The number of rotatable bonds is 59. The molecule has 0 saturated carbocycles. The van der Waals surface area contributed by atoms with Crippen molar-refractivity contribution in [1.82, 2.24) is 5.32 Å². The molecule has 1 rings (SSSR count). The molecule has 1 heterocycles. The molecule has 6 N–H and O–H groups in total. The Labute approximate surface area is 482 Å². The van der Waals surface area contributed by atoms with E-state index in [0.29, 0.717) is 6.42 Å². The van der Waals surface area contributed by atoms with Crippen LogP contribution in [0.25, 0.3) is 0 Å². The van der Waals surface area contributed by atoms with Crippen LogP contribution in [0.4, 0.5) is 0 Å². The molecule has 1 aliphatic rings. The molecule has 9 heteroatoms. The third-order valence-electron chi connectivity index (χ3n) is 16.1. The van der Waals surface area contributed by atoms with Crippen LogP contribution in [0.5, 0.6) is 0 Å². The molecule has 78 heavy (non-hydrogen) atoms. The molecule has 0 aliphatic carbocycles. The molecule has 0 bridgehead atoms. The van der Waals surface area contributed by atoms with Gasteiger partial charge in [0, 0.05) is 6.42 Å². The van der Waals surface area contributed by atoms with E-state index in [-0.39, 0.29) is 12.5 Å². The Hall–Kier alpha value is -1.85. The molecule has 7 atom stereocenters. The molecule has 7 unspecified atom stereocenters. The lowest BCUT2D eigenvalue weighted by Crippen LogP contribution is -2.60. The Morgan fingerprint density at radius 1 is 0.436 bits per heavy atom. The van der Waals surface area contributed by atoms with Crippen LogP contribution in [0, 0.1) is 0 Å². The molecule has 1 saturated heterocycles. The molecule has 0 aromatic heterocycles. The first-order chi connectivity index (χ1) is 38.3. The summed E-state index contributed by atoms with van der Waals surface area (Å²) in [7, 11) is 0. The van der Waals surface area contributed by atoms with Gasteiger partial charge >= 0.3 is 0 Å². The fraction of sp³-hybridized carbons (Fsp3) is 0.870. The Kier molecular flexibility index (Phi) is 55.5. The number of amides is 1. The minimum atomic E-state index is -1.57. The smallest absolute Gasteiger partial charge is 0.220 e. The molecular weight excluding hydrogens is 971 g/mol. The predicted octanol–water partition coefficient (Wildman–Crippen LogP) is 18.0. The van der Waals surface area contributed by atoms with E-state index >= 15 is 0 Å². The maximum atomic E-state index is 13.1. The fourth-order valence-corrected chi connectivity index (χ4v) is 10.8. The number of aliphatic hydroxyl groups is 5. The van der Waals surface area contributed by atoms with E-state index in [1.807, 2.05) is 6.08 Å². The summed E-state index contributed by atoms with van der Waals surface area (Å²) in [6.07, 6.45) is 72.1. The predicted molar refractivity (Wildman–Crippen MR) is 332 cm³/mol. The second-order valence-corrected chi connectivity index (χ2v) is 23.6. The van der Waals surface area contributed by atoms with E-state index in [1.54, 1.807) is 6.08 Å². The maximum Gasteiger partial charge on any atom is 0.220 e. The van der Waals surface area contributed by atoms with Crippen LogP contribution < -0.4 is 5.32 Å². The van der Waals surface area contributed by atoms with Crippen molar-refractivity contribution in [1.29, 1.82) is 0 Å². The lowest BCUT2D eigenvalue weighted by Gasteiger charge is -2.40. The molecule has 1 fully saturated rings. The van der Waals surface area contributed by atoms with Crippen molar-refractivity contribution in [3.8, 4) is 0 Å². The van der Waals surface area contributed by atoms with Gasteiger partial charge in [0.2, 0.25) is 5.91 Å². The molecule has 1 amide bonds. The number of unbranched alkanes of at least 4 members (excludes halogenated alkanes) is 43. The van der Waals surface area contributed by atoms with Gasteiger partial charge in [-0.25, -0.2) is 0 Å². The number of nitrogens with one attached hydrogen (secondary N) is 1. The number of carbonyl (C=O) groups is 1. The highest BCUT2D eigenvalue weighted by atomic mass is 16.7. The van der Waals surface area contributed by atoms with Gasteiger partial charge in [0.15, 0.2) is 6.29 Å². The second-order valence-electron chi connectivity index (χ2n) is 23.6. The third-order valence-corrected chi connectivity index (χ3v) is 16.1. The highest BCUT2D eigenvalue weighted by Crippen LogP contribution is 2.23. The number of aliphatic hydroxyl groups excluding tert-OH is 5. The van der Waals surface area contributed by atoms with Gasteiger partial charge in [0.1, 0.15) is 24.4 Å². The van der Waals surface area contributed by atoms with Gasteiger partial charge in [-0.05, 0) is 57.8 Å². The normalized spacial score (nSPS) is 18.9. The Morgan fingerprint density at radius 2 is 0.756 bits per heavy atom. The molecule has 0 aromatic rings. The quantitative estimate of drug-likeness (QED) is 0.0261. The van der Waals surface area contributed by atoms with Crippen molar-refractivity contribution in [2.75, 3.05) is 13.2 Å². The number of carbonyl (C=O) groups excluding carboxylic acids is 1. The summed E-state index contributed by atoms with van der Waals surface area (Å²) < 4.78 is 11.3. The standard InChI is InChI=1S/C69H129NO8/c1-3-5-7-9-11-13-15-17-19-21-23-24-25-26-27-28-29-30-31-32-33-34-35-36-37-38-39-40-41-43-45-47-49-51-53-55-57-59-65(73)70-62(61-77-69-68(76)67(75)66(74)64(60-71)78-69)63(72)58-56-54-52-50-48-46-44-42-22-20-18-16-14-12-10-8-6-4-2/h15,17,21,23,25-26,56,58,62-64,66-69,71-72,74-76H,3-14,16,18-20,22,24,27-55,57,59-61H2,1-2H3,(H,70,73)/b17-15-,23-21-,26-25-,58-56+. The lowest BCUT2D eigenvalue weighted by molar-refractivity contribution is -0.302. The Bertz CT molecular complexity index is 1370. The number of hydrogen-bond donors (Lipinski definition) is 6. The Balaban J connectivity index is 2.08. The third kappa shape index (κ3) is 46.7. The summed E-state index contributed by atoms with van der Waals surface area (Å²) in [5.74, 6) is -0.171. The van der Waals surface area contributed by atoms with Gasteiger partial charge in [0.25, 0.3) is 0 Å². The maximum absolute atomic E-state index is 13.1. The average molecular weight is 1100 g/mol. The highest BCUT2D eigenvalue weighted by Gasteiger charge is 2.44. The second kappa shape index (κ2) is 58.4. The SMILES string of the molecule is CCCCCCC/C=C\C/C=C\C/C=C\CCCCCCCCCCCCCCCCCCCCCCCCC(=O)NC(COC1OC(CO)C(O)C(O)C1O)C(O)/C=C/CCCCCCCCCCCCCCCCCC. The van der Waals surface area contributed by atoms with E-state index in [9.17, 15) is 30.3 Å². The Morgan fingerprint density at radius 3 is 1.12 bits per heavy atom. The lowest BCUT2D eigenvalue weighted by atomic mass is 9.99. The van der Waals surface area contributed by atoms with Crippen LogP contribution in [0.2, 0.25) is 0 Å². The molecular formula is C69H129NO8. The van der Waals surface area contributed by atoms with Crippen LogP contribution in [-0.2, 0) is 14.3 Å². The van der Waals surface area contributed by atoms with E-state index < -0.39 is 49.5 Å². The summed E-state index contributed by atoms with van der Waals surface area (Å²) in [4.78, 5) is 13.1. The van der Waals surface area contributed by atoms with Gasteiger partial charge in [-0.15, -0.1) is 0 Å². The largest absolute Gasteiger partial charge is 0.394 e. The molecule has 0 spiro atoms. The van der Waals surface area contributed by atoms with Crippen LogP contribution in [-0.4, -0.2) is 87.5 Å². The zero-order valence-electron chi connectivity index (χ0n) is 51.2. The molecule has 458 valence electrons. The van der Waals surface area contributed by atoms with Crippen molar-refractivity contribution in [2.45, 2.75) is 371 Å². The summed E-state index contributed by atoms with van der Waals surface area (Å²) in [5, 5.41) is 54.6. The van der Waals surface area contributed by atoms with Crippen LogP contribution >= 0.6 is 0 Å². The highest BCUT2D eigenvalue weighted by molar-refractivity contribution is 5.76. The van der Waals surface area contributed by atoms with Crippen LogP contribution in [0.15, 0.2) is 48.6 Å². The molecule has 9 nitrogen and oxygen atoms in total. The van der Waals surface area contributed by atoms with Crippen LogP contribution in [0.3, 0.4) is 0 Å². The van der Waals surface area contributed by atoms with E-state index in [0.717, 1.165) is 51.4 Å². The summed E-state index contributed by atoms with van der Waals surface area (Å²) in [5.41, 5.74) is 0. The number of hydrogen-bond acceptors (Lipinski definition) is 8. The summed E-state index contributed by atoms with van der Waals surface area (Å²) >= 11 is 0. The van der Waals surface area contributed by atoms with E-state index in [4.69, 9.17) is 9.47 Å². The zero-order chi connectivity index (χ0) is 56.5. The van der Waals surface area contributed by atoms with Crippen molar-refractivity contribution in [2.24, 2.45) is 0 Å². The first-order valence-corrected chi connectivity index (χ1v) is 33.9. The number of allylic oxidation sites excluding steroid dienone is 7. The van der Waals surface area contributed by atoms with E-state index in [2.05, 4.69) is 55.6 Å². The van der Waals surface area contributed by atoms with Gasteiger partial charge in [0.05, 0.1) is 25.4 Å². The van der Waals surface area contributed by atoms with Gasteiger partial charge in [-0.2, -0.15) is 0 Å². The first-order valence-electron chi connectivity index (χ1n) is 33.9. The van der Waals surface area contributed by atoms with Crippen molar-refractivity contribution < 1.29 is 39.8 Å². The topological polar surface area (TPSA) is 149 Å².